The molecule has 1 amide bonds. The highest BCUT2D eigenvalue weighted by atomic mass is 16.3. The van der Waals surface area contributed by atoms with Crippen LogP contribution in [0.1, 0.15) is 16.9 Å². The van der Waals surface area contributed by atoms with Gasteiger partial charge in [-0.2, -0.15) is 0 Å². The van der Waals surface area contributed by atoms with Crippen molar-refractivity contribution < 1.29 is 9.21 Å². The largest absolute Gasteiger partial charge is 0.469 e. The number of hydrogen-bond donors (Lipinski definition) is 1. The van der Waals surface area contributed by atoms with Gasteiger partial charge in [-0.05, 0) is 25.0 Å². The molecule has 1 atom stereocenters. The van der Waals surface area contributed by atoms with Crippen LogP contribution in [0, 0.1) is 6.92 Å². The molecule has 1 heterocycles. The Hall–Kier alpha value is -2.07. The van der Waals surface area contributed by atoms with Crippen LogP contribution >= 0.6 is 0 Å². The van der Waals surface area contributed by atoms with Gasteiger partial charge in [-0.1, -0.05) is 30.3 Å². The zero-order valence-electron chi connectivity index (χ0n) is 11.9. The summed E-state index contributed by atoms with van der Waals surface area (Å²) >= 11 is 0. The number of likely N-dealkylation sites (N-methyl/N-ethyl adjacent to an activating group) is 1. The predicted molar refractivity (Wildman–Crippen MR) is 78.0 cm³/mol. The number of nitrogens with zero attached hydrogens (tertiary/aromatic N) is 1. The summed E-state index contributed by atoms with van der Waals surface area (Å²) in [5, 5.41) is 0. The van der Waals surface area contributed by atoms with Gasteiger partial charge in [0.25, 0.3) is 0 Å². The van der Waals surface area contributed by atoms with Crippen LogP contribution in [0.5, 0.6) is 0 Å². The lowest BCUT2D eigenvalue weighted by molar-refractivity contribution is -0.131. The zero-order chi connectivity index (χ0) is 14.5. The molecule has 0 radical (unpaired) electrons. The van der Waals surface area contributed by atoms with E-state index in [1.807, 2.05) is 43.3 Å². The predicted octanol–water partition coefficient (Wildman–Crippen LogP) is 2.12. The van der Waals surface area contributed by atoms with Crippen LogP contribution in [0.4, 0.5) is 0 Å². The van der Waals surface area contributed by atoms with Crippen molar-refractivity contribution in [2.45, 2.75) is 25.9 Å². The molecule has 0 unspecified atom stereocenters. The summed E-state index contributed by atoms with van der Waals surface area (Å²) in [6.07, 6.45) is 2.18. The molecule has 0 fully saturated rings. The van der Waals surface area contributed by atoms with Crippen LogP contribution < -0.4 is 5.73 Å². The SMILES string of the molecule is Cc1occc1CN(C)C(=O)[C@H](N)Cc1ccccc1. The number of carbonyl (C=O) groups excluding carboxylic acids is 1. The summed E-state index contributed by atoms with van der Waals surface area (Å²) in [7, 11) is 1.76. The molecule has 0 aliphatic carbocycles. The number of amides is 1. The first kappa shape index (κ1) is 14.3. The average Bonchev–Trinajstić information content (AvgIpc) is 2.84. The Morgan fingerprint density at radius 3 is 2.60 bits per heavy atom. The third-order valence-electron chi connectivity index (χ3n) is 3.37. The fourth-order valence-corrected chi connectivity index (χ4v) is 2.15. The molecule has 2 N–H and O–H groups in total. The van der Waals surface area contributed by atoms with Gasteiger partial charge in [0.1, 0.15) is 5.76 Å². The van der Waals surface area contributed by atoms with Crippen LogP contribution in [-0.2, 0) is 17.8 Å². The Labute approximate surface area is 119 Å². The van der Waals surface area contributed by atoms with E-state index in [2.05, 4.69) is 0 Å². The van der Waals surface area contributed by atoms with E-state index in [9.17, 15) is 4.79 Å². The first-order valence-corrected chi connectivity index (χ1v) is 6.65. The standard InChI is InChI=1S/C16H20N2O2/c1-12-14(8-9-20-12)11-18(2)16(19)15(17)10-13-6-4-3-5-7-13/h3-9,15H,10-11,17H2,1-2H3/t15-/m1/s1. The van der Waals surface area contributed by atoms with Gasteiger partial charge in [0.05, 0.1) is 12.3 Å². The number of nitrogens with two attached hydrogens (primary N) is 1. The summed E-state index contributed by atoms with van der Waals surface area (Å²) in [6.45, 7) is 2.40. The molecule has 0 bridgehead atoms. The third kappa shape index (κ3) is 3.48. The van der Waals surface area contributed by atoms with Crippen LogP contribution in [0.2, 0.25) is 0 Å². The van der Waals surface area contributed by atoms with Crippen molar-refractivity contribution in [2.75, 3.05) is 7.05 Å². The van der Waals surface area contributed by atoms with Gasteiger partial charge in [0.15, 0.2) is 0 Å². The Morgan fingerprint density at radius 1 is 1.30 bits per heavy atom. The molecule has 1 aromatic carbocycles. The minimum atomic E-state index is -0.519. The Bertz CT molecular complexity index is 563. The second-order valence-electron chi connectivity index (χ2n) is 4.99. The van der Waals surface area contributed by atoms with Crippen molar-refractivity contribution in [1.82, 2.24) is 4.90 Å². The minimum absolute atomic E-state index is 0.0607. The zero-order valence-corrected chi connectivity index (χ0v) is 11.9. The molecule has 1 aromatic heterocycles. The summed E-state index contributed by atoms with van der Waals surface area (Å²) in [4.78, 5) is 13.9. The maximum Gasteiger partial charge on any atom is 0.239 e. The monoisotopic (exact) mass is 272 g/mol. The van der Waals surface area contributed by atoms with Crippen molar-refractivity contribution in [3.63, 3.8) is 0 Å². The molecule has 4 heteroatoms. The van der Waals surface area contributed by atoms with Crippen molar-refractivity contribution in [2.24, 2.45) is 5.73 Å². The molecule has 2 aromatic rings. The first-order chi connectivity index (χ1) is 9.58. The van der Waals surface area contributed by atoms with Gasteiger partial charge < -0.3 is 15.1 Å². The van der Waals surface area contributed by atoms with E-state index >= 15 is 0 Å². The van der Waals surface area contributed by atoms with Crippen molar-refractivity contribution in [3.8, 4) is 0 Å². The number of hydrogen-bond acceptors (Lipinski definition) is 3. The molecule has 106 valence electrons. The van der Waals surface area contributed by atoms with E-state index < -0.39 is 6.04 Å². The summed E-state index contributed by atoms with van der Waals surface area (Å²) < 4.78 is 5.23. The molecule has 20 heavy (non-hydrogen) atoms. The second kappa shape index (κ2) is 6.39. The highest BCUT2D eigenvalue weighted by Crippen LogP contribution is 2.12. The van der Waals surface area contributed by atoms with Crippen LogP contribution in [0.25, 0.3) is 0 Å². The van der Waals surface area contributed by atoms with Gasteiger partial charge in [0, 0.05) is 19.2 Å². The van der Waals surface area contributed by atoms with Crippen molar-refractivity contribution in [3.05, 3.63) is 59.5 Å². The number of carbonyl (C=O) groups is 1. The number of aryl methyl sites for hydroxylation is 1. The molecule has 0 aliphatic heterocycles. The second-order valence-corrected chi connectivity index (χ2v) is 4.99. The van der Waals surface area contributed by atoms with E-state index in [1.165, 1.54) is 0 Å². The molecule has 0 saturated carbocycles. The molecule has 0 spiro atoms. The van der Waals surface area contributed by atoms with Crippen LogP contribution in [-0.4, -0.2) is 23.9 Å². The molecule has 4 nitrogen and oxygen atoms in total. The normalized spacial score (nSPS) is 12.2. The van der Waals surface area contributed by atoms with E-state index in [0.29, 0.717) is 13.0 Å². The fourth-order valence-electron chi connectivity index (χ4n) is 2.15. The van der Waals surface area contributed by atoms with Crippen LogP contribution in [0.15, 0.2) is 47.1 Å². The Morgan fingerprint density at radius 2 is 2.00 bits per heavy atom. The molecular weight excluding hydrogens is 252 g/mol. The lowest BCUT2D eigenvalue weighted by Gasteiger charge is -2.21. The minimum Gasteiger partial charge on any atom is -0.469 e. The molecular formula is C16H20N2O2. The lowest BCUT2D eigenvalue weighted by atomic mass is 10.1. The first-order valence-electron chi connectivity index (χ1n) is 6.65. The summed E-state index contributed by atoms with van der Waals surface area (Å²) in [5.41, 5.74) is 8.08. The number of rotatable bonds is 5. The van der Waals surface area contributed by atoms with Crippen LogP contribution in [0.3, 0.4) is 0 Å². The topological polar surface area (TPSA) is 59.5 Å². The smallest absolute Gasteiger partial charge is 0.239 e. The van der Waals surface area contributed by atoms with E-state index in [0.717, 1.165) is 16.9 Å². The Kier molecular flexibility index (Phi) is 4.58. The molecule has 2 rings (SSSR count). The highest BCUT2D eigenvalue weighted by molar-refractivity contribution is 5.81. The van der Waals surface area contributed by atoms with Gasteiger partial charge in [-0.15, -0.1) is 0 Å². The van der Waals surface area contributed by atoms with Crippen molar-refractivity contribution in [1.29, 1.82) is 0 Å². The van der Waals surface area contributed by atoms with Gasteiger partial charge in [0.2, 0.25) is 5.91 Å². The van der Waals surface area contributed by atoms with E-state index in [4.69, 9.17) is 10.2 Å². The summed E-state index contributed by atoms with van der Waals surface area (Å²) in [5.74, 6) is 0.774. The highest BCUT2D eigenvalue weighted by Gasteiger charge is 2.19. The van der Waals surface area contributed by atoms with Gasteiger partial charge in [-0.3, -0.25) is 4.79 Å². The molecule has 0 saturated heterocycles. The molecule has 0 aliphatic rings. The maximum atomic E-state index is 12.3. The number of benzene rings is 1. The van der Waals surface area contributed by atoms with Gasteiger partial charge >= 0.3 is 0 Å². The Balaban J connectivity index is 1.94. The van der Waals surface area contributed by atoms with E-state index in [-0.39, 0.29) is 5.91 Å². The number of furan rings is 1. The summed E-state index contributed by atoms with van der Waals surface area (Å²) in [6, 6.07) is 11.2. The van der Waals surface area contributed by atoms with Crippen molar-refractivity contribution >= 4 is 5.91 Å². The quantitative estimate of drug-likeness (QED) is 0.907. The average molecular weight is 272 g/mol. The third-order valence-corrected chi connectivity index (χ3v) is 3.37. The maximum absolute atomic E-state index is 12.3. The van der Waals surface area contributed by atoms with E-state index in [1.54, 1.807) is 18.2 Å². The fraction of sp³-hybridized carbons (Fsp3) is 0.312. The van der Waals surface area contributed by atoms with Gasteiger partial charge in [-0.25, -0.2) is 0 Å². The lowest BCUT2D eigenvalue weighted by Crippen LogP contribution is -2.42.